The third kappa shape index (κ3) is 4.67. The number of ether oxygens (including phenoxy) is 1. The van der Waals surface area contributed by atoms with E-state index in [0.29, 0.717) is 11.4 Å². The molecule has 9 heteroatoms. The Morgan fingerprint density at radius 2 is 1.71 bits per heavy atom. The fourth-order valence-corrected chi connectivity index (χ4v) is 5.27. The highest BCUT2D eigenvalue weighted by Gasteiger charge is 2.35. The SMILES string of the molecule is CCC(C)(C)n1nnnc1[C@@H](c1cc2c(C)ccc(C)c2[nH]c1=O)N1CCN(c2ccc(OC)cc2)CC1. The Bertz CT molecular complexity index is 1480. The molecule has 0 aliphatic carbocycles. The lowest BCUT2D eigenvalue weighted by Gasteiger charge is -2.40. The predicted molar refractivity (Wildman–Crippen MR) is 150 cm³/mol. The van der Waals surface area contributed by atoms with E-state index >= 15 is 0 Å². The molecule has 0 bridgehead atoms. The number of fused-ring (bicyclic) bond motifs is 1. The number of hydrogen-bond donors (Lipinski definition) is 1. The Labute approximate surface area is 223 Å². The number of tetrazole rings is 1. The van der Waals surface area contributed by atoms with Gasteiger partial charge >= 0.3 is 0 Å². The van der Waals surface area contributed by atoms with E-state index < -0.39 is 0 Å². The topological polar surface area (TPSA) is 92.2 Å². The number of piperazine rings is 1. The van der Waals surface area contributed by atoms with Crippen LogP contribution >= 0.6 is 0 Å². The second-order valence-corrected chi connectivity index (χ2v) is 10.8. The minimum atomic E-state index is -0.373. The number of nitrogens with zero attached hydrogens (tertiary/aromatic N) is 6. The van der Waals surface area contributed by atoms with Gasteiger partial charge < -0.3 is 14.6 Å². The van der Waals surface area contributed by atoms with Gasteiger partial charge in [0.05, 0.1) is 18.2 Å². The van der Waals surface area contributed by atoms with Gasteiger partial charge in [-0.05, 0) is 86.0 Å². The zero-order valence-corrected chi connectivity index (χ0v) is 23.2. The van der Waals surface area contributed by atoms with Gasteiger partial charge in [0, 0.05) is 42.8 Å². The monoisotopic (exact) mass is 515 g/mol. The summed E-state index contributed by atoms with van der Waals surface area (Å²) in [7, 11) is 1.68. The minimum absolute atomic E-state index is 0.0994. The van der Waals surface area contributed by atoms with Crippen LogP contribution in [0.15, 0.2) is 47.3 Å². The third-order valence-corrected chi connectivity index (χ3v) is 8.06. The van der Waals surface area contributed by atoms with E-state index in [1.165, 1.54) is 0 Å². The lowest BCUT2D eigenvalue weighted by molar-refractivity contribution is 0.186. The van der Waals surface area contributed by atoms with E-state index in [2.05, 4.69) is 82.3 Å². The summed E-state index contributed by atoms with van der Waals surface area (Å²) in [4.78, 5) is 21.6. The van der Waals surface area contributed by atoms with Gasteiger partial charge in [0.1, 0.15) is 11.8 Å². The number of anilines is 1. The molecule has 1 fully saturated rings. The van der Waals surface area contributed by atoms with E-state index in [-0.39, 0.29) is 17.1 Å². The number of benzene rings is 2. The molecule has 5 rings (SSSR count). The van der Waals surface area contributed by atoms with Crippen LogP contribution in [-0.4, -0.2) is 63.4 Å². The quantitative estimate of drug-likeness (QED) is 0.394. The molecule has 0 unspecified atom stereocenters. The molecule has 0 amide bonds. The number of methoxy groups -OCH3 is 1. The van der Waals surface area contributed by atoms with Crippen molar-refractivity contribution in [3.8, 4) is 5.75 Å². The molecular weight excluding hydrogens is 478 g/mol. The number of aryl methyl sites for hydroxylation is 2. The molecule has 1 aliphatic heterocycles. The fraction of sp³-hybridized carbons (Fsp3) is 0.448. The number of nitrogens with one attached hydrogen (secondary N) is 1. The number of rotatable bonds is 7. The molecule has 2 aromatic heterocycles. The van der Waals surface area contributed by atoms with Gasteiger partial charge in [-0.3, -0.25) is 9.69 Å². The summed E-state index contributed by atoms with van der Waals surface area (Å²) in [5.41, 5.74) is 4.50. The summed E-state index contributed by atoms with van der Waals surface area (Å²) < 4.78 is 7.22. The molecule has 1 saturated heterocycles. The van der Waals surface area contributed by atoms with Crippen LogP contribution in [0.25, 0.3) is 10.9 Å². The normalized spacial score (nSPS) is 15.7. The predicted octanol–water partition coefficient (Wildman–Crippen LogP) is 4.20. The number of hydrogen-bond acceptors (Lipinski definition) is 7. The second-order valence-electron chi connectivity index (χ2n) is 10.8. The van der Waals surface area contributed by atoms with Crippen LogP contribution in [0.4, 0.5) is 5.69 Å². The van der Waals surface area contributed by atoms with Crippen LogP contribution in [0.3, 0.4) is 0 Å². The maximum absolute atomic E-state index is 13.7. The van der Waals surface area contributed by atoms with E-state index in [4.69, 9.17) is 4.74 Å². The summed E-state index contributed by atoms with van der Waals surface area (Å²) in [6.07, 6.45) is 0.857. The molecule has 2 aromatic carbocycles. The summed E-state index contributed by atoms with van der Waals surface area (Å²) in [5, 5.41) is 14.0. The Morgan fingerprint density at radius 3 is 2.37 bits per heavy atom. The van der Waals surface area contributed by atoms with Crippen LogP contribution < -0.4 is 15.2 Å². The first kappa shape index (κ1) is 25.9. The van der Waals surface area contributed by atoms with Gasteiger partial charge in [-0.25, -0.2) is 4.68 Å². The second kappa shape index (κ2) is 10.2. The Morgan fingerprint density at radius 1 is 1.03 bits per heavy atom. The van der Waals surface area contributed by atoms with Gasteiger partial charge in [-0.15, -0.1) is 5.10 Å². The third-order valence-electron chi connectivity index (χ3n) is 8.06. The number of aromatic nitrogens is 5. The molecular formula is C29H37N7O2. The van der Waals surface area contributed by atoms with Crippen molar-refractivity contribution in [2.45, 2.75) is 52.6 Å². The summed E-state index contributed by atoms with van der Waals surface area (Å²) in [6.45, 7) is 13.7. The average Bonchev–Trinajstić information content (AvgIpc) is 3.42. The fourth-order valence-electron chi connectivity index (χ4n) is 5.27. The van der Waals surface area contributed by atoms with E-state index in [0.717, 1.165) is 66.1 Å². The highest BCUT2D eigenvalue weighted by Crippen LogP contribution is 2.33. The summed E-state index contributed by atoms with van der Waals surface area (Å²) >= 11 is 0. The first-order chi connectivity index (χ1) is 18.2. The Kier molecular flexibility index (Phi) is 6.96. The van der Waals surface area contributed by atoms with Crippen LogP contribution in [0.5, 0.6) is 5.75 Å². The van der Waals surface area contributed by atoms with Gasteiger partial charge in [0.15, 0.2) is 5.82 Å². The van der Waals surface area contributed by atoms with Gasteiger partial charge in [0.2, 0.25) is 0 Å². The van der Waals surface area contributed by atoms with Gasteiger partial charge in [0.25, 0.3) is 5.56 Å². The van der Waals surface area contributed by atoms with Crippen molar-refractivity contribution in [1.29, 1.82) is 0 Å². The lowest BCUT2D eigenvalue weighted by atomic mass is 9.97. The highest BCUT2D eigenvalue weighted by atomic mass is 16.5. The molecule has 9 nitrogen and oxygen atoms in total. The zero-order chi connectivity index (χ0) is 27.0. The van der Waals surface area contributed by atoms with Crippen molar-refractivity contribution in [2.75, 3.05) is 38.2 Å². The van der Waals surface area contributed by atoms with Crippen molar-refractivity contribution in [1.82, 2.24) is 30.1 Å². The van der Waals surface area contributed by atoms with Gasteiger partial charge in [-0.1, -0.05) is 19.1 Å². The smallest absolute Gasteiger partial charge is 0.253 e. The van der Waals surface area contributed by atoms with Crippen molar-refractivity contribution in [3.05, 3.63) is 75.3 Å². The van der Waals surface area contributed by atoms with Crippen LogP contribution in [-0.2, 0) is 5.54 Å². The van der Waals surface area contributed by atoms with Crippen LogP contribution in [0.2, 0.25) is 0 Å². The number of pyridine rings is 1. The van der Waals surface area contributed by atoms with E-state index in [1.54, 1.807) is 7.11 Å². The molecule has 0 spiro atoms. The molecule has 1 aliphatic rings. The van der Waals surface area contributed by atoms with Crippen molar-refractivity contribution in [3.63, 3.8) is 0 Å². The Hall–Kier alpha value is -3.72. The first-order valence-electron chi connectivity index (χ1n) is 13.3. The van der Waals surface area contributed by atoms with E-state index in [1.807, 2.05) is 29.8 Å². The van der Waals surface area contributed by atoms with Crippen molar-refractivity contribution in [2.24, 2.45) is 0 Å². The first-order valence-corrected chi connectivity index (χ1v) is 13.3. The average molecular weight is 516 g/mol. The standard InChI is InChI=1S/C29H37N7O2/c1-7-29(4,5)36-27(31-32-33-36)26(24-18-23-19(2)8-9-20(3)25(23)30-28(24)37)35-16-14-34(15-17-35)21-10-12-22(38-6)13-11-21/h8-13,18,26H,7,14-17H2,1-6H3,(H,30,37)/t26-/m1/s1. The number of H-pyrrole nitrogens is 1. The van der Waals surface area contributed by atoms with Gasteiger partial charge in [-0.2, -0.15) is 0 Å². The molecule has 200 valence electrons. The minimum Gasteiger partial charge on any atom is -0.497 e. The highest BCUT2D eigenvalue weighted by molar-refractivity contribution is 5.85. The summed E-state index contributed by atoms with van der Waals surface area (Å²) in [5.74, 6) is 1.55. The maximum Gasteiger partial charge on any atom is 0.253 e. The maximum atomic E-state index is 13.7. The number of aromatic amines is 1. The lowest BCUT2D eigenvalue weighted by Crippen LogP contribution is -2.49. The Balaban J connectivity index is 1.56. The summed E-state index contributed by atoms with van der Waals surface area (Å²) in [6, 6.07) is 14.0. The molecule has 3 heterocycles. The molecule has 1 atom stereocenters. The van der Waals surface area contributed by atoms with E-state index in [9.17, 15) is 4.79 Å². The van der Waals surface area contributed by atoms with Crippen molar-refractivity contribution < 1.29 is 4.74 Å². The molecule has 0 radical (unpaired) electrons. The molecule has 38 heavy (non-hydrogen) atoms. The van der Waals surface area contributed by atoms with Crippen molar-refractivity contribution >= 4 is 16.6 Å². The molecule has 0 saturated carbocycles. The molecule has 1 N–H and O–H groups in total. The zero-order valence-electron chi connectivity index (χ0n) is 23.2. The molecule has 4 aromatic rings. The van der Waals surface area contributed by atoms with Crippen LogP contribution in [0, 0.1) is 13.8 Å². The largest absolute Gasteiger partial charge is 0.497 e. The van der Waals surface area contributed by atoms with Crippen LogP contribution in [0.1, 0.15) is 55.7 Å².